The molecule has 1 spiro atoms. The van der Waals surface area contributed by atoms with Crippen LogP contribution in [0, 0.1) is 28.6 Å². The van der Waals surface area contributed by atoms with Crippen LogP contribution in [0.1, 0.15) is 45.4 Å². The highest BCUT2D eigenvalue weighted by Gasteiger charge is 2.87. The number of carbonyl (C=O) groups excluding carboxylic acids is 2. The number of ketones is 2. The van der Waals surface area contributed by atoms with Crippen molar-refractivity contribution in [2.45, 2.75) is 45.4 Å². The van der Waals surface area contributed by atoms with E-state index in [1.807, 2.05) is 0 Å². The molecule has 0 aromatic carbocycles. The predicted molar refractivity (Wildman–Crippen MR) is 58.7 cm³/mol. The van der Waals surface area contributed by atoms with Crippen LogP contribution >= 0.6 is 0 Å². The van der Waals surface area contributed by atoms with Gasteiger partial charge in [0, 0.05) is 17.8 Å². The molecule has 2 unspecified atom stereocenters. The van der Waals surface area contributed by atoms with Gasteiger partial charge in [-0.1, -0.05) is 12.8 Å². The first-order chi connectivity index (χ1) is 7.64. The van der Waals surface area contributed by atoms with Crippen LogP contribution < -0.4 is 0 Å². The molecule has 4 aliphatic rings. The molecular formula is C14H18O2. The molecule has 2 nitrogen and oxygen atoms in total. The van der Waals surface area contributed by atoms with Crippen LogP contribution in [-0.2, 0) is 9.59 Å². The van der Waals surface area contributed by atoms with Gasteiger partial charge in [-0.3, -0.25) is 9.59 Å². The lowest BCUT2D eigenvalue weighted by molar-refractivity contribution is -0.128. The SMILES string of the molecule is CC(=O)[C@]12C3C[C@H]4CCCCC41CC(=O)[C@@H]32. The van der Waals surface area contributed by atoms with E-state index < -0.39 is 0 Å². The third-order valence-electron chi connectivity index (χ3n) is 6.36. The summed E-state index contributed by atoms with van der Waals surface area (Å²) in [4.78, 5) is 24.2. The largest absolute Gasteiger partial charge is 0.299 e. The third kappa shape index (κ3) is 0.663. The summed E-state index contributed by atoms with van der Waals surface area (Å²) < 4.78 is 0. The molecule has 0 bridgehead atoms. The summed E-state index contributed by atoms with van der Waals surface area (Å²) in [5.74, 6) is 2.05. The number of hydrogen-bond acceptors (Lipinski definition) is 2. The van der Waals surface area contributed by atoms with Crippen LogP contribution in [0.5, 0.6) is 0 Å². The Morgan fingerprint density at radius 1 is 1.38 bits per heavy atom. The summed E-state index contributed by atoms with van der Waals surface area (Å²) in [6.45, 7) is 1.74. The van der Waals surface area contributed by atoms with Crippen molar-refractivity contribution in [1.82, 2.24) is 0 Å². The van der Waals surface area contributed by atoms with Crippen LogP contribution in [0.15, 0.2) is 0 Å². The standard InChI is InChI=1S/C14H18O2/c1-8(15)14-10-6-9-4-2-3-5-13(9,14)7-11(16)12(10)14/h9-10,12H,2-7H2,1H3/t9-,10?,12-,13?,14-/m1/s1. The summed E-state index contributed by atoms with van der Waals surface area (Å²) in [5, 5.41) is 0. The summed E-state index contributed by atoms with van der Waals surface area (Å²) in [6, 6.07) is 0. The summed E-state index contributed by atoms with van der Waals surface area (Å²) in [7, 11) is 0. The van der Waals surface area contributed by atoms with E-state index in [1.54, 1.807) is 6.92 Å². The molecule has 0 saturated heterocycles. The van der Waals surface area contributed by atoms with Crippen molar-refractivity contribution >= 4 is 11.6 Å². The van der Waals surface area contributed by atoms with Crippen molar-refractivity contribution in [3.8, 4) is 0 Å². The van der Waals surface area contributed by atoms with Gasteiger partial charge in [0.2, 0.25) is 0 Å². The monoisotopic (exact) mass is 218 g/mol. The molecular weight excluding hydrogens is 200 g/mol. The maximum atomic E-state index is 12.1. The van der Waals surface area contributed by atoms with E-state index in [4.69, 9.17) is 0 Å². The van der Waals surface area contributed by atoms with Gasteiger partial charge in [0.25, 0.3) is 0 Å². The van der Waals surface area contributed by atoms with Gasteiger partial charge in [0.05, 0.1) is 0 Å². The van der Waals surface area contributed by atoms with E-state index in [0.717, 1.165) is 12.8 Å². The molecule has 0 aromatic rings. The molecule has 5 atom stereocenters. The molecule has 0 aliphatic heterocycles. The van der Waals surface area contributed by atoms with Gasteiger partial charge in [-0.15, -0.1) is 0 Å². The predicted octanol–water partition coefficient (Wildman–Crippen LogP) is 2.36. The second kappa shape index (κ2) is 2.44. The molecule has 4 aliphatic carbocycles. The maximum Gasteiger partial charge on any atom is 0.137 e. The quantitative estimate of drug-likeness (QED) is 0.677. The van der Waals surface area contributed by atoms with Crippen LogP contribution in [0.25, 0.3) is 0 Å². The molecule has 0 amide bonds. The molecule has 4 fully saturated rings. The van der Waals surface area contributed by atoms with Crippen molar-refractivity contribution in [3.63, 3.8) is 0 Å². The van der Waals surface area contributed by atoms with Crippen molar-refractivity contribution in [1.29, 1.82) is 0 Å². The Kier molecular flexibility index (Phi) is 1.43. The second-order valence-electron chi connectivity index (χ2n) is 6.49. The Bertz CT molecular complexity index is 413. The average molecular weight is 218 g/mol. The van der Waals surface area contributed by atoms with Crippen LogP contribution in [0.4, 0.5) is 0 Å². The number of rotatable bonds is 1. The van der Waals surface area contributed by atoms with Crippen LogP contribution in [0.3, 0.4) is 0 Å². The molecule has 0 aromatic heterocycles. The Balaban J connectivity index is 1.89. The summed E-state index contributed by atoms with van der Waals surface area (Å²) in [5.41, 5.74) is -0.0291. The zero-order chi connectivity index (χ0) is 11.1. The molecule has 4 rings (SSSR count). The minimum absolute atomic E-state index is 0.128. The van der Waals surface area contributed by atoms with E-state index in [2.05, 4.69) is 0 Å². The molecule has 0 N–H and O–H groups in total. The molecule has 2 heteroatoms. The van der Waals surface area contributed by atoms with E-state index in [-0.39, 0.29) is 16.7 Å². The van der Waals surface area contributed by atoms with Gasteiger partial charge < -0.3 is 0 Å². The maximum absolute atomic E-state index is 12.1. The average Bonchev–Trinajstić information content (AvgIpc) is 2.77. The van der Waals surface area contributed by atoms with Gasteiger partial charge in [-0.2, -0.15) is 0 Å². The van der Waals surface area contributed by atoms with Crippen molar-refractivity contribution < 1.29 is 9.59 Å². The zero-order valence-electron chi connectivity index (χ0n) is 9.79. The molecule has 16 heavy (non-hydrogen) atoms. The lowest BCUT2D eigenvalue weighted by atomic mass is 9.60. The zero-order valence-corrected chi connectivity index (χ0v) is 9.79. The van der Waals surface area contributed by atoms with E-state index in [9.17, 15) is 9.59 Å². The fourth-order valence-electron chi connectivity index (χ4n) is 6.08. The van der Waals surface area contributed by atoms with Gasteiger partial charge in [-0.05, 0) is 43.4 Å². The van der Waals surface area contributed by atoms with E-state index in [0.29, 0.717) is 23.4 Å². The van der Waals surface area contributed by atoms with Gasteiger partial charge >= 0.3 is 0 Å². The lowest BCUT2D eigenvalue weighted by Gasteiger charge is -2.42. The number of hydrogen-bond donors (Lipinski definition) is 0. The highest BCUT2D eigenvalue weighted by atomic mass is 16.1. The highest BCUT2D eigenvalue weighted by Crippen LogP contribution is 2.85. The fourth-order valence-corrected chi connectivity index (χ4v) is 6.08. The van der Waals surface area contributed by atoms with Gasteiger partial charge in [-0.25, -0.2) is 0 Å². The lowest BCUT2D eigenvalue weighted by Crippen LogP contribution is -2.39. The minimum atomic E-state index is -0.158. The first kappa shape index (κ1) is 9.38. The Labute approximate surface area is 95.8 Å². The molecule has 0 heterocycles. The molecule has 4 saturated carbocycles. The van der Waals surface area contributed by atoms with Crippen molar-refractivity contribution in [2.24, 2.45) is 28.6 Å². The third-order valence-corrected chi connectivity index (χ3v) is 6.36. The van der Waals surface area contributed by atoms with E-state index >= 15 is 0 Å². The highest BCUT2D eigenvalue weighted by molar-refractivity contribution is 6.03. The molecule has 0 radical (unpaired) electrons. The second-order valence-corrected chi connectivity index (χ2v) is 6.49. The fraction of sp³-hybridized carbons (Fsp3) is 0.857. The van der Waals surface area contributed by atoms with E-state index in [1.165, 1.54) is 25.7 Å². The Hall–Kier alpha value is -0.660. The normalized spacial score (nSPS) is 57.1. The van der Waals surface area contributed by atoms with Gasteiger partial charge in [0.1, 0.15) is 11.6 Å². The minimum Gasteiger partial charge on any atom is -0.299 e. The Morgan fingerprint density at radius 3 is 2.94 bits per heavy atom. The number of Topliss-reactive ketones (excluding diaryl/α,β-unsaturated/α-hetero) is 2. The first-order valence-electron chi connectivity index (χ1n) is 6.68. The smallest absolute Gasteiger partial charge is 0.137 e. The summed E-state index contributed by atoms with van der Waals surface area (Å²) in [6.07, 6.45) is 6.88. The van der Waals surface area contributed by atoms with Crippen molar-refractivity contribution in [2.75, 3.05) is 0 Å². The number of fused-ring (bicyclic) bond motifs is 1. The number of carbonyl (C=O) groups is 2. The summed E-state index contributed by atoms with van der Waals surface area (Å²) >= 11 is 0. The Morgan fingerprint density at radius 2 is 2.19 bits per heavy atom. The topological polar surface area (TPSA) is 34.1 Å². The first-order valence-corrected chi connectivity index (χ1v) is 6.68. The van der Waals surface area contributed by atoms with Crippen LogP contribution in [0.2, 0.25) is 0 Å². The molecule has 86 valence electrons. The van der Waals surface area contributed by atoms with Crippen molar-refractivity contribution in [3.05, 3.63) is 0 Å². The van der Waals surface area contributed by atoms with Gasteiger partial charge in [0.15, 0.2) is 0 Å². The van der Waals surface area contributed by atoms with Crippen LogP contribution in [-0.4, -0.2) is 11.6 Å².